The molecule has 2 unspecified atom stereocenters. The van der Waals surface area contributed by atoms with Crippen molar-refractivity contribution in [1.82, 2.24) is 0 Å². The van der Waals surface area contributed by atoms with Crippen molar-refractivity contribution in [3.8, 4) is 5.75 Å². The number of hydrogen-bond donors (Lipinski definition) is 0. The van der Waals surface area contributed by atoms with E-state index in [-0.39, 0.29) is 17.5 Å². The molecule has 128 valence electrons. The van der Waals surface area contributed by atoms with Crippen LogP contribution in [0.4, 0.5) is 0 Å². The predicted octanol–water partition coefficient (Wildman–Crippen LogP) is 5.27. The van der Waals surface area contributed by atoms with Crippen LogP contribution in [0.3, 0.4) is 0 Å². The van der Waals surface area contributed by atoms with Crippen LogP contribution in [0.25, 0.3) is 0 Å². The van der Waals surface area contributed by atoms with Gasteiger partial charge >= 0.3 is 5.97 Å². The monoisotopic (exact) mass is 334 g/mol. The Hall–Kier alpha value is -1.29. The van der Waals surface area contributed by atoms with E-state index >= 15 is 0 Å². The van der Waals surface area contributed by atoms with E-state index in [0.29, 0.717) is 17.2 Å². The maximum atomic E-state index is 12.7. The Kier molecular flexibility index (Phi) is 5.24. The SMILES string of the molecule is CC1CC(OC(=O)c2ccccc2O[Si](C)(C)C)CC(C)(C)C1. The summed E-state index contributed by atoms with van der Waals surface area (Å²) in [7, 11) is -1.77. The van der Waals surface area contributed by atoms with Crippen LogP contribution < -0.4 is 4.43 Å². The molecule has 0 spiro atoms. The van der Waals surface area contributed by atoms with Crippen LogP contribution in [-0.2, 0) is 4.74 Å². The number of para-hydroxylation sites is 1. The Morgan fingerprint density at radius 3 is 2.43 bits per heavy atom. The average molecular weight is 335 g/mol. The van der Waals surface area contributed by atoms with Crippen LogP contribution in [0.5, 0.6) is 5.75 Å². The average Bonchev–Trinajstić information content (AvgIpc) is 2.34. The van der Waals surface area contributed by atoms with Crippen molar-refractivity contribution < 1.29 is 14.0 Å². The number of hydrogen-bond acceptors (Lipinski definition) is 3. The number of carbonyl (C=O) groups excluding carboxylic acids is 1. The first-order chi connectivity index (χ1) is 10.6. The Labute approximate surface area is 141 Å². The van der Waals surface area contributed by atoms with Gasteiger partial charge in [-0.1, -0.05) is 32.9 Å². The molecule has 1 aromatic rings. The van der Waals surface area contributed by atoms with Crippen molar-refractivity contribution in [2.45, 2.75) is 65.8 Å². The lowest BCUT2D eigenvalue weighted by Gasteiger charge is -2.38. The van der Waals surface area contributed by atoms with E-state index < -0.39 is 8.32 Å². The molecule has 0 saturated heterocycles. The first kappa shape index (κ1) is 18.1. The van der Waals surface area contributed by atoms with Gasteiger partial charge in [-0.2, -0.15) is 0 Å². The Morgan fingerprint density at radius 1 is 1.17 bits per heavy atom. The molecule has 0 heterocycles. The minimum atomic E-state index is -1.77. The van der Waals surface area contributed by atoms with E-state index in [1.807, 2.05) is 18.2 Å². The second-order valence-corrected chi connectivity index (χ2v) is 13.1. The van der Waals surface area contributed by atoms with Crippen molar-refractivity contribution >= 4 is 14.3 Å². The smallest absolute Gasteiger partial charge is 0.342 e. The summed E-state index contributed by atoms with van der Waals surface area (Å²) in [5.74, 6) is 0.985. The molecular formula is C19H30O3Si. The Balaban J connectivity index is 2.12. The highest BCUT2D eigenvalue weighted by Gasteiger charge is 2.34. The van der Waals surface area contributed by atoms with Gasteiger partial charge in [-0.25, -0.2) is 4.79 Å². The van der Waals surface area contributed by atoms with Crippen molar-refractivity contribution in [3.63, 3.8) is 0 Å². The predicted molar refractivity (Wildman–Crippen MR) is 96.4 cm³/mol. The summed E-state index contributed by atoms with van der Waals surface area (Å²) in [4.78, 5) is 12.7. The zero-order valence-corrected chi connectivity index (χ0v) is 16.3. The first-order valence-corrected chi connectivity index (χ1v) is 12.0. The summed E-state index contributed by atoms with van der Waals surface area (Å²) >= 11 is 0. The topological polar surface area (TPSA) is 35.5 Å². The fourth-order valence-corrected chi connectivity index (χ4v) is 4.45. The number of carbonyl (C=O) groups is 1. The molecule has 1 aliphatic carbocycles. The third kappa shape index (κ3) is 5.38. The maximum absolute atomic E-state index is 12.7. The highest BCUT2D eigenvalue weighted by molar-refractivity contribution is 6.70. The summed E-state index contributed by atoms with van der Waals surface area (Å²) in [6, 6.07) is 7.43. The van der Waals surface area contributed by atoms with Crippen LogP contribution in [0, 0.1) is 11.3 Å². The molecule has 1 fully saturated rings. The maximum Gasteiger partial charge on any atom is 0.342 e. The first-order valence-electron chi connectivity index (χ1n) is 8.55. The minimum Gasteiger partial charge on any atom is -0.544 e. The lowest BCUT2D eigenvalue weighted by atomic mass is 9.71. The minimum absolute atomic E-state index is 0.00110. The largest absolute Gasteiger partial charge is 0.544 e. The van der Waals surface area contributed by atoms with Gasteiger partial charge < -0.3 is 9.16 Å². The van der Waals surface area contributed by atoms with Crippen molar-refractivity contribution in [1.29, 1.82) is 0 Å². The molecule has 0 aliphatic heterocycles. The van der Waals surface area contributed by atoms with Crippen molar-refractivity contribution in [3.05, 3.63) is 29.8 Å². The second kappa shape index (κ2) is 6.68. The fraction of sp³-hybridized carbons (Fsp3) is 0.632. The quantitative estimate of drug-likeness (QED) is 0.555. The molecule has 0 aromatic heterocycles. The normalized spacial score (nSPS) is 24.1. The zero-order valence-electron chi connectivity index (χ0n) is 15.3. The molecule has 1 saturated carbocycles. The van der Waals surface area contributed by atoms with Gasteiger partial charge in [-0.3, -0.25) is 0 Å². The van der Waals surface area contributed by atoms with E-state index in [9.17, 15) is 4.79 Å². The number of esters is 1. The van der Waals surface area contributed by atoms with E-state index in [4.69, 9.17) is 9.16 Å². The van der Waals surface area contributed by atoms with Gasteiger partial charge in [0.05, 0.1) is 0 Å². The summed E-state index contributed by atoms with van der Waals surface area (Å²) < 4.78 is 11.9. The Morgan fingerprint density at radius 2 is 1.83 bits per heavy atom. The third-order valence-electron chi connectivity index (χ3n) is 4.14. The molecule has 23 heavy (non-hydrogen) atoms. The summed E-state index contributed by atoms with van der Waals surface area (Å²) in [6.45, 7) is 13.1. The molecule has 1 aromatic carbocycles. The van der Waals surface area contributed by atoms with Gasteiger partial charge in [0.2, 0.25) is 8.32 Å². The second-order valence-electron chi connectivity index (χ2n) is 8.65. The zero-order chi connectivity index (χ0) is 17.3. The van der Waals surface area contributed by atoms with Crippen molar-refractivity contribution in [2.75, 3.05) is 0 Å². The Bertz CT molecular complexity index is 560. The lowest BCUT2D eigenvalue weighted by molar-refractivity contribution is -0.00727. The van der Waals surface area contributed by atoms with Crippen molar-refractivity contribution in [2.24, 2.45) is 11.3 Å². The third-order valence-corrected chi connectivity index (χ3v) is 4.98. The molecule has 0 N–H and O–H groups in total. The van der Waals surface area contributed by atoms with Gasteiger partial charge in [0.15, 0.2) is 0 Å². The molecule has 0 radical (unpaired) electrons. The van der Waals surface area contributed by atoms with Crippen LogP contribution in [0.15, 0.2) is 24.3 Å². The summed E-state index contributed by atoms with van der Waals surface area (Å²) in [5, 5.41) is 0. The van der Waals surface area contributed by atoms with E-state index in [1.165, 1.54) is 6.42 Å². The molecule has 2 atom stereocenters. The van der Waals surface area contributed by atoms with E-state index in [1.54, 1.807) is 6.07 Å². The van der Waals surface area contributed by atoms with Crippen LogP contribution in [0.2, 0.25) is 19.6 Å². The molecule has 2 rings (SSSR count). The number of benzene rings is 1. The van der Waals surface area contributed by atoms with Gasteiger partial charge in [-0.05, 0) is 62.4 Å². The van der Waals surface area contributed by atoms with Gasteiger partial charge in [-0.15, -0.1) is 0 Å². The highest BCUT2D eigenvalue weighted by Crippen LogP contribution is 2.40. The summed E-state index contributed by atoms with van der Waals surface area (Å²) in [6.07, 6.45) is 3.07. The highest BCUT2D eigenvalue weighted by atomic mass is 28.4. The number of rotatable bonds is 4. The van der Waals surface area contributed by atoms with E-state index in [2.05, 4.69) is 40.4 Å². The lowest BCUT2D eigenvalue weighted by Crippen LogP contribution is -2.34. The van der Waals surface area contributed by atoms with E-state index in [0.717, 1.165) is 12.8 Å². The van der Waals surface area contributed by atoms with Gasteiger partial charge in [0.25, 0.3) is 0 Å². The van der Waals surface area contributed by atoms with Gasteiger partial charge in [0, 0.05) is 0 Å². The van der Waals surface area contributed by atoms with Gasteiger partial charge in [0.1, 0.15) is 17.4 Å². The molecule has 0 bridgehead atoms. The standard InChI is InChI=1S/C19H30O3Si/c1-14-11-15(13-19(2,3)12-14)21-18(20)16-9-7-8-10-17(16)22-23(4,5)6/h7-10,14-15H,11-13H2,1-6H3. The van der Waals surface area contributed by atoms with Crippen LogP contribution in [-0.4, -0.2) is 20.4 Å². The molecule has 3 nitrogen and oxygen atoms in total. The molecule has 0 amide bonds. The molecule has 4 heteroatoms. The molecule has 1 aliphatic rings. The fourth-order valence-electron chi connectivity index (χ4n) is 3.62. The van der Waals surface area contributed by atoms with Crippen LogP contribution >= 0.6 is 0 Å². The van der Waals surface area contributed by atoms with Crippen LogP contribution in [0.1, 0.15) is 50.4 Å². The molecular weight excluding hydrogens is 304 g/mol. The summed E-state index contributed by atoms with van der Waals surface area (Å²) in [5.41, 5.74) is 0.780. The number of ether oxygens (including phenoxy) is 1.